The lowest BCUT2D eigenvalue weighted by molar-refractivity contribution is 0.212. The van der Waals surface area contributed by atoms with Crippen LogP contribution in [0.25, 0.3) is 10.8 Å². The summed E-state index contributed by atoms with van der Waals surface area (Å²) in [6.45, 7) is 5.58. The van der Waals surface area contributed by atoms with Crippen molar-refractivity contribution < 1.29 is 0 Å². The zero-order valence-corrected chi connectivity index (χ0v) is 14.1. The number of fused-ring (bicyclic) bond motifs is 1. The Morgan fingerprint density at radius 1 is 1.04 bits per heavy atom. The van der Waals surface area contributed by atoms with Crippen molar-refractivity contribution in [3.05, 3.63) is 48.0 Å². The Balaban J connectivity index is 1.91. The molecule has 2 heteroatoms. The molecule has 23 heavy (non-hydrogen) atoms. The molecule has 0 N–H and O–H groups in total. The molecule has 0 spiro atoms. The molecular weight excluding hydrogens is 280 g/mol. The molecule has 2 aromatic carbocycles. The quantitative estimate of drug-likeness (QED) is 0.786. The van der Waals surface area contributed by atoms with Crippen molar-refractivity contribution in [1.29, 1.82) is 5.26 Å². The van der Waals surface area contributed by atoms with E-state index in [1.807, 2.05) is 0 Å². The van der Waals surface area contributed by atoms with Gasteiger partial charge in [-0.15, -0.1) is 0 Å². The first-order valence-corrected chi connectivity index (χ1v) is 8.91. The minimum absolute atomic E-state index is 0.377. The Bertz CT molecular complexity index is 689. The summed E-state index contributed by atoms with van der Waals surface area (Å²) in [5.41, 5.74) is 0.829. The highest BCUT2D eigenvalue weighted by Gasteiger charge is 2.32. The number of likely N-dealkylation sites (tertiary alicyclic amines) is 1. The Labute approximate surface area is 139 Å². The van der Waals surface area contributed by atoms with E-state index in [2.05, 4.69) is 60.4 Å². The predicted octanol–water partition coefficient (Wildman–Crippen LogP) is 4.89. The van der Waals surface area contributed by atoms with Crippen LogP contribution in [0.4, 0.5) is 0 Å². The largest absolute Gasteiger partial charge is 0.303 e. The van der Waals surface area contributed by atoms with E-state index in [9.17, 15) is 5.26 Å². The number of benzene rings is 2. The molecule has 2 aromatic rings. The van der Waals surface area contributed by atoms with Crippen LogP contribution in [0.1, 0.15) is 44.6 Å². The third-order valence-corrected chi connectivity index (χ3v) is 5.43. The third-order valence-electron chi connectivity index (χ3n) is 5.43. The summed E-state index contributed by atoms with van der Waals surface area (Å²) in [5.74, 6) is 0. The van der Waals surface area contributed by atoms with Gasteiger partial charge in [-0.25, -0.2) is 0 Å². The Kier molecular flexibility index (Phi) is 4.98. The number of nitriles is 1. The number of hydrogen-bond acceptors (Lipinski definition) is 2. The number of piperidine rings is 1. The number of rotatable bonds is 5. The van der Waals surface area contributed by atoms with Gasteiger partial charge in [0.1, 0.15) is 0 Å². The van der Waals surface area contributed by atoms with Crippen LogP contribution in [0.2, 0.25) is 0 Å². The number of nitrogens with zero attached hydrogens (tertiary/aromatic N) is 2. The smallest absolute Gasteiger partial charge is 0.0837 e. The molecule has 0 aromatic heterocycles. The fourth-order valence-corrected chi connectivity index (χ4v) is 3.87. The lowest BCUT2D eigenvalue weighted by Gasteiger charge is -2.32. The minimum Gasteiger partial charge on any atom is -0.303 e. The molecule has 0 aliphatic carbocycles. The molecule has 0 bridgehead atoms. The molecule has 1 aliphatic rings. The summed E-state index contributed by atoms with van der Waals surface area (Å²) in [6.07, 6.45) is 5.76. The van der Waals surface area contributed by atoms with E-state index >= 15 is 0 Å². The van der Waals surface area contributed by atoms with Crippen LogP contribution in [0, 0.1) is 11.3 Å². The lowest BCUT2D eigenvalue weighted by Crippen LogP contribution is -2.35. The van der Waals surface area contributed by atoms with Crippen molar-refractivity contribution in [2.75, 3.05) is 19.6 Å². The van der Waals surface area contributed by atoms with Crippen LogP contribution in [-0.4, -0.2) is 24.5 Å². The molecule has 2 nitrogen and oxygen atoms in total. The normalized spacial score (nSPS) is 18.4. The zero-order valence-electron chi connectivity index (χ0n) is 14.1. The molecule has 0 radical (unpaired) electrons. The highest BCUT2D eigenvalue weighted by atomic mass is 15.1. The van der Waals surface area contributed by atoms with Crippen LogP contribution in [-0.2, 0) is 5.41 Å². The van der Waals surface area contributed by atoms with E-state index in [0.29, 0.717) is 0 Å². The maximum atomic E-state index is 10.1. The molecule has 1 atom stereocenters. The van der Waals surface area contributed by atoms with E-state index in [1.165, 1.54) is 48.7 Å². The van der Waals surface area contributed by atoms with Gasteiger partial charge in [0.15, 0.2) is 0 Å². The Morgan fingerprint density at radius 2 is 1.78 bits per heavy atom. The van der Waals surface area contributed by atoms with Gasteiger partial charge in [-0.2, -0.15) is 5.26 Å². The molecular formula is C21H26N2. The Morgan fingerprint density at radius 3 is 2.52 bits per heavy atom. The van der Waals surface area contributed by atoms with Crippen molar-refractivity contribution in [2.24, 2.45) is 0 Å². The van der Waals surface area contributed by atoms with Crippen molar-refractivity contribution in [3.63, 3.8) is 0 Å². The SMILES string of the molecule is CCC(C#N)(CCN1CCCCC1)c1cccc2ccccc12. The van der Waals surface area contributed by atoms with Gasteiger partial charge in [-0.3, -0.25) is 0 Å². The molecule has 120 valence electrons. The summed E-state index contributed by atoms with van der Waals surface area (Å²) in [6, 6.07) is 17.5. The summed E-state index contributed by atoms with van der Waals surface area (Å²) < 4.78 is 0. The van der Waals surface area contributed by atoms with Crippen molar-refractivity contribution in [3.8, 4) is 6.07 Å². The highest BCUT2D eigenvalue weighted by molar-refractivity contribution is 5.87. The second-order valence-electron chi connectivity index (χ2n) is 6.73. The summed E-state index contributed by atoms with van der Waals surface area (Å²) in [7, 11) is 0. The van der Waals surface area contributed by atoms with E-state index in [4.69, 9.17) is 0 Å². The lowest BCUT2D eigenvalue weighted by atomic mass is 9.74. The van der Waals surface area contributed by atoms with Crippen LogP contribution < -0.4 is 0 Å². The van der Waals surface area contributed by atoms with E-state index < -0.39 is 0 Å². The van der Waals surface area contributed by atoms with E-state index in [1.54, 1.807) is 0 Å². The molecule has 1 aliphatic heterocycles. The van der Waals surface area contributed by atoms with Crippen molar-refractivity contribution >= 4 is 10.8 Å². The molecule has 1 unspecified atom stereocenters. The minimum atomic E-state index is -0.377. The molecule has 3 rings (SSSR count). The standard InChI is InChI=1S/C21H26N2/c1-2-21(17-22,13-16-23-14-6-3-7-15-23)20-12-8-10-18-9-4-5-11-19(18)20/h4-5,8-12H,2-3,6-7,13-16H2,1H3. The van der Waals surface area contributed by atoms with Crippen LogP contribution in [0.3, 0.4) is 0 Å². The van der Waals surface area contributed by atoms with E-state index in [-0.39, 0.29) is 5.41 Å². The maximum absolute atomic E-state index is 10.1. The Hall–Kier alpha value is -1.85. The average Bonchev–Trinajstić information content (AvgIpc) is 2.64. The van der Waals surface area contributed by atoms with Gasteiger partial charge in [0.2, 0.25) is 0 Å². The van der Waals surface area contributed by atoms with E-state index in [0.717, 1.165) is 19.4 Å². The van der Waals surface area contributed by atoms with Gasteiger partial charge in [0.05, 0.1) is 11.5 Å². The molecule has 0 saturated carbocycles. The van der Waals surface area contributed by atoms with Crippen LogP contribution in [0.5, 0.6) is 0 Å². The first kappa shape index (κ1) is 16.0. The highest BCUT2D eigenvalue weighted by Crippen LogP contribution is 2.36. The molecule has 1 fully saturated rings. The fourth-order valence-electron chi connectivity index (χ4n) is 3.87. The summed E-state index contributed by atoms with van der Waals surface area (Å²) in [5, 5.41) is 12.5. The first-order valence-electron chi connectivity index (χ1n) is 8.91. The topological polar surface area (TPSA) is 27.0 Å². The third kappa shape index (κ3) is 3.26. The second-order valence-corrected chi connectivity index (χ2v) is 6.73. The van der Waals surface area contributed by atoms with Crippen molar-refractivity contribution in [1.82, 2.24) is 4.90 Å². The number of hydrogen-bond donors (Lipinski definition) is 0. The summed E-state index contributed by atoms with van der Waals surface area (Å²) in [4.78, 5) is 2.54. The fraction of sp³-hybridized carbons (Fsp3) is 0.476. The van der Waals surface area contributed by atoms with Crippen LogP contribution in [0.15, 0.2) is 42.5 Å². The van der Waals surface area contributed by atoms with Gasteiger partial charge in [-0.05, 0) is 61.7 Å². The first-order chi connectivity index (χ1) is 11.3. The van der Waals surface area contributed by atoms with Crippen molar-refractivity contribution in [2.45, 2.75) is 44.4 Å². The van der Waals surface area contributed by atoms with Crippen LogP contribution >= 0.6 is 0 Å². The monoisotopic (exact) mass is 306 g/mol. The zero-order chi connectivity index (χ0) is 16.1. The van der Waals surface area contributed by atoms with Gasteiger partial charge in [0.25, 0.3) is 0 Å². The molecule has 1 saturated heterocycles. The summed E-state index contributed by atoms with van der Waals surface area (Å²) >= 11 is 0. The van der Waals surface area contributed by atoms with Gasteiger partial charge in [0, 0.05) is 0 Å². The van der Waals surface area contributed by atoms with Gasteiger partial charge >= 0.3 is 0 Å². The molecule has 1 heterocycles. The predicted molar refractivity (Wildman–Crippen MR) is 96.4 cm³/mol. The average molecular weight is 306 g/mol. The molecule has 0 amide bonds. The second kappa shape index (κ2) is 7.15. The maximum Gasteiger partial charge on any atom is 0.0837 e. The van der Waals surface area contributed by atoms with Gasteiger partial charge in [-0.1, -0.05) is 55.8 Å². The van der Waals surface area contributed by atoms with Gasteiger partial charge < -0.3 is 4.90 Å².